The summed E-state index contributed by atoms with van der Waals surface area (Å²) in [5.74, 6) is -0.375. The Morgan fingerprint density at radius 2 is 2.18 bits per heavy atom. The van der Waals surface area contributed by atoms with Gasteiger partial charge in [-0.25, -0.2) is 4.39 Å². The molecule has 0 radical (unpaired) electrons. The van der Waals surface area contributed by atoms with E-state index in [0.717, 1.165) is 12.0 Å². The van der Waals surface area contributed by atoms with Crippen molar-refractivity contribution in [1.82, 2.24) is 5.32 Å². The molecular formula is C13H16Cl2FN. The largest absolute Gasteiger partial charge is 0.309 e. The van der Waals surface area contributed by atoms with Gasteiger partial charge in [0.25, 0.3) is 0 Å². The van der Waals surface area contributed by atoms with Crippen molar-refractivity contribution in [2.24, 2.45) is 5.41 Å². The zero-order valence-electron chi connectivity index (χ0n) is 9.93. The summed E-state index contributed by atoms with van der Waals surface area (Å²) >= 11 is 11.9. The van der Waals surface area contributed by atoms with Crippen LogP contribution in [0, 0.1) is 11.2 Å². The van der Waals surface area contributed by atoms with Gasteiger partial charge in [-0.1, -0.05) is 31.5 Å². The van der Waals surface area contributed by atoms with Crippen molar-refractivity contribution in [1.29, 1.82) is 0 Å². The standard InChI is InChI=1S/C13H16Cl2FN/c1-13(2)11(15)6-12(13)17-7-8-3-4-10(16)9(14)5-8/h3-5,11-12,17H,6-7H2,1-2H3. The van der Waals surface area contributed by atoms with Gasteiger partial charge < -0.3 is 5.32 Å². The normalized spacial score (nSPS) is 26.6. The van der Waals surface area contributed by atoms with Crippen molar-refractivity contribution in [3.05, 3.63) is 34.6 Å². The topological polar surface area (TPSA) is 12.0 Å². The summed E-state index contributed by atoms with van der Waals surface area (Å²) in [6.07, 6.45) is 0.976. The van der Waals surface area contributed by atoms with E-state index in [2.05, 4.69) is 19.2 Å². The van der Waals surface area contributed by atoms with Crippen LogP contribution in [0.3, 0.4) is 0 Å². The van der Waals surface area contributed by atoms with Gasteiger partial charge in [-0.05, 0) is 29.5 Å². The lowest BCUT2D eigenvalue weighted by molar-refractivity contribution is 0.115. The van der Waals surface area contributed by atoms with Gasteiger partial charge in [-0.3, -0.25) is 0 Å². The number of hydrogen-bond donors (Lipinski definition) is 1. The quantitative estimate of drug-likeness (QED) is 0.823. The molecule has 0 bridgehead atoms. The van der Waals surface area contributed by atoms with Crippen LogP contribution in [-0.2, 0) is 6.54 Å². The molecule has 1 aliphatic carbocycles. The Hall–Kier alpha value is -0.310. The summed E-state index contributed by atoms with van der Waals surface area (Å²) in [5.41, 5.74) is 1.11. The van der Waals surface area contributed by atoms with Crippen LogP contribution < -0.4 is 5.32 Å². The molecule has 0 spiro atoms. The van der Waals surface area contributed by atoms with Gasteiger partial charge in [0.15, 0.2) is 0 Å². The molecule has 1 aromatic carbocycles. The van der Waals surface area contributed by atoms with Crippen molar-refractivity contribution in [2.75, 3.05) is 0 Å². The highest BCUT2D eigenvalue weighted by molar-refractivity contribution is 6.30. The van der Waals surface area contributed by atoms with Crippen molar-refractivity contribution in [3.63, 3.8) is 0 Å². The molecule has 0 heterocycles. The van der Waals surface area contributed by atoms with Crippen LogP contribution in [0.4, 0.5) is 4.39 Å². The van der Waals surface area contributed by atoms with E-state index in [0.29, 0.717) is 12.6 Å². The third-order valence-corrected chi connectivity index (χ3v) is 4.71. The van der Waals surface area contributed by atoms with Gasteiger partial charge in [0, 0.05) is 18.0 Å². The molecule has 4 heteroatoms. The van der Waals surface area contributed by atoms with Crippen LogP contribution in [0.2, 0.25) is 5.02 Å². The van der Waals surface area contributed by atoms with E-state index in [9.17, 15) is 4.39 Å². The fourth-order valence-corrected chi connectivity index (χ4v) is 2.64. The van der Waals surface area contributed by atoms with Crippen LogP contribution in [0.1, 0.15) is 25.8 Å². The predicted octanol–water partition coefficient (Wildman–Crippen LogP) is 3.97. The van der Waals surface area contributed by atoms with E-state index >= 15 is 0 Å². The Kier molecular flexibility index (Phi) is 3.67. The maximum atomic E-state index is 13.0. The molecule has 0 amide bonds. The zero-order valence-corrected chi connectivity index (χ0v) is 11.4. The summed E-state index contributed by atoms with van der Waals surface area (Å²) in [6, 6.07) is 5.22. The van der Waals surface area contributed by atoms with Gasteiger partial charge in [-0.2, -0.15) is 0 Å². The molecule has 2 rings (SSSR count). The van der Waals surface area contributed by atoms with Crippen LogP contribution >= 0.6 is 23.2 Å². The summed E-state index contributed by atoms with van der Waals surface area (Å²) in [5, 5.41) is 3.84. The van der Waals surface area contributed by atoms with Gasteiger partial charge in [0.1, 0.15) is 5.82 Å². The SMILES string of the molecule is CC1(C)C(Cl)CC1NCc1ccc(F)c(Cl)c1. The Morgan fingerprint density at radius 3 is 2.71 bits per heavy atom. The first-order valence-electron chi connectivity index (χ1n) is 5.72. The number of hydrogen-bond acceptors (Lipinski definition) is 1. The minimum absolute atomic E-state index is 0.116. The summed E-state index contributed by atoms with van der Waals surface area (Å²) in [7, 11) is 0. The van der Waals surface area contributed by atoms with Gasteiger partial charge >= 0.3 is 0 Å². The van der Waals surface area contributed by atoms with Gasteiger partial charge in [0.2, 0.25) is 0 Å². The number of rotatable bonds is 3. The molecule has 1 nitrogen and oxygen atoms in total. The van der Waals surface area contributed by atoms with E-state index in [4.69, 9.17) is 23.2 Å². The number of benzene rings is 1. The highest BCUT2D eigenvalue weighted by Crippen LogP contribution is 2.44. The maximum Gasteiger partial charge on any atom is 0.141 e. The molecule has 1 saturated carbocycles. The summed E-state index contributed by atoms with van der Waals surface area (Å²) in [4.78, 5) is 0. The molecule has 17 heavy (non-hydrogen) atoms. The lowest BCUT2D eigenvalue weighted by atomic mass is 9.67. The number of halogens is 3. The van der Waals surface area contributed by atoms with Crippen LogP contribution in [-0.4, -0.2) is 11.4 Å². The Bertz CT molecular complexity index is 420. The fourth-order valence-electron chi connectivity index (χ4n) is 2.11. The summed E-state index contributed by atoms with van der Waals surface area (Å²) < 4.78 is 13.0. The molecule has 0 aliphatic heterocycles. The lowest BCUT2D eigenvalue weighted by Gasteiger charge is -2.49. The molecular weight excluding hydrogens is 260 g/mol. The Balaban J connectivity index is 1.93. The Labute approximate surface area is 111 Å². The average Bonchev–Trinajstić information content (AvgIpc) is 2.28. The zero-order chi connectivity index (χ0) is 12.6. The van der Waals surface area contributed by atoms with Gasteiger partial charge in [-0.15, -0.1) is 11.6 Å². The van der Waals surface area contributed by atoms with Crippen molar-refractivity contribution in [3.8, 4) is 0 Å². The van der Waals surface area contributed by atoms with Crippen molar-refractivity contribution >= 4 is 23.2 Å². The molecule has 0 saturated heterocycles. The first-order valence-corrected chi connectivity index (χ1v) is 6.54. The molecule has 1 fully saturated rings. The van der Waals surface area contributed by atoms with E-state index in [1.165, 1.54) is 6.07 Å². The van der Waals surface area contributed by atoms with Gasteiger partial charge in [0.05, 0.1) is 5.02 Å². The minimum atomic E-state index is -0.375. The van der Waals surface area contributed by atoms with Crippen molar-refractivity contribution < 1.29 is 4.39 Å². The molecule has 1 aliphatic rings. The monoisotopic (exact) mass is 275 g/mol. The molecule has 94 valence electrons. The lowest BCUT2D eigenvalue weighted by Crippen LogP contribution is -2.57. The average molecular weight is 276 g/mol. The second-order valence-corrected chi connectivity index (χ2v) is 6.14. The first-order chi connectivity index (χ1) is 7.91. The molecule has 2 atom stereocenters. The highest BCUT2D eigenvalue weighted by atomic mass is 35.5. The second-order valence-electron chi connectivity index (χ2n) is 5.21. The van der Waals surface area contributed by atoms with E-state index in [-0.39, 0.29) is 21.6 Å². The third kappa shape index (κ3) is 2.59. The van der Waals surface area contributed by atoms with E-state index in [1.807, 2.05) is 0 Å². The van der Waals surface area contributed by atoms with Crippen LogP contribution in [0.25, 0.3) is 0 Å². The minimum Gasteiger partial charge on any atom is -0.309 e. The van der Waals surface area contributed by atoms with Crippen molar-refractivity contribution in [2.45, 2.75) is 38.2 Å². The molecule has 1 N–H and O–H groups in total. The Morgan fingerprint density at radius 1 is 1.47 bits per heavy atom. The molecule has 1 aromatic rings. The second kappa shape index (κ2) is 4.75. The molecule has 0 aromatic heterocycles. The first kappa shape index (κ1) is 13.1. The maximum absolute atomic E-state index is 13.0. The predicted molar refractivity (Wildman–Crippen MR) is 70.1 cm³/mol. The summed E-state index contributed by atoms with van der Waals surface area (Å²) in [6.45, 7) is 5.00. The van der Waals surface area contributed by atoms with E-state index in [1.54, 1.807) is 12.1 Å². The highest BCUT2D eigenvalue weighted by Gasteiger charge is 2.46. The third-order valence-electron chi connectivity index (χ3n) is 3.68. The molecule has 2 unspecified atom stereocenters. The van der Waals surface area contributed by atoms with Crippen LogP contribution in [0.15, 0.2) is 18.2 Å². The smallest absolute Gasteiger partial charge is 0.141 e. The van der Waals surface area contributed by atoms with E-state index < -0.39 is 0 Å². The number of nitrogens with one attached hydrogen (secondary N) is 1. The van der Waals surface area contributed by atoms with Crippen LogP contribution in [0.5, 0.6) is 0 Å². The fraction of sp³-hybridized carbons (Fsp3) is 0.538. The number of alkyl halides is 1.